The first-order valence-electron chi connectivity index (χ1n) is 5.66. The molecule has 0 aliphatic rings. The highest BCUT2D eigenvalue weighted by atomic mass is 16.5. The van der Waals surface area contributed by atoms with Gasteiger partial charge < -0.3 is 15.8 Å². The van der Waals surface area contributed by atoms with Crippen molar-refractivity contribution in [2.75, 3.05) is 18.1 Å². The Bertz CT molecular complexity index is 569. The summed E-state index contributed by atoms with van der Waals surface area (Å²) in [5.41, 5.74) is 7.86. The molecule has 1 heterocycles. The molecule has 0 bridgehead atoms. The number of hydrogen-bond acceptors (Lipinski definition) is 5. The highest BCUT2D eigenvalue weighted by molar-refractivity contribution is 5.44. The van der Waals surface area contributed by atoms with Crippen LogP contribution in [0.15, 0.2) is 24.3 Å². The lowest BCUT2D eigenvalue weighted by atomic mass is 10.1. The van der Waals surface area contributed by atoms with Gasteiger partial charge in [0.05, 0.1) is 0 Å². The van der Waals surface area contributed by atoms with Crippen molar-refractivity contribution in [3.8, 4) is 11.6 Å². The third kappa shape index (κ3) is 2.68. The molecule has 18 heavy (non-hydrogen) atoms. The van der Waals surface area contributed by atoms with Gasteiger partial charge in [-0.25, -0.2) is 0 Å². The van der Waals surface area contributed by atoms with E-state index in [1.807, 2.05) is 26.0 Å². The molecule has 0 unspecified atom stereocenters. The quantitative estimate of drug-likeness (QED) is 0.867. The summed E-state index contributed by atoms with van der Waals surface area (Å²) < 4.78 is 5.72. The van der Waals surface area contributed by atoms with Gasteiger partial charge in [-0.3, -0.25) is 0 Å². The van der Waals surface area contributed by atoms with Gasteiger partial charge in [0.15, 0.2) is 0 Å². The molecule has 0 amide bonds. The fourth-order valence-corrected chi connectivity index (χ4v) is 1.65. The van der Waals surface area contributed by atoms with Crippen LogP contribution >= 0.6 is 0 Å². The maximum atomic E-state index is 5.72. The fourth-order valence-electron chi connectivity index (χ4n) is 1.65. The number of aromatic nitrogens is 2. The van der Waals surface area contributed by atoms with Crippen LogP contribution in [0.1, 0.15) is 11.1 Å². The van der Waals surface area contributed by atoms with Gasteiger partial charge in [-0.05, 0) is 25.5 Å². The minimum Gasteiger partial charge on any atom is -0.439 e. The zero-order chi connectivity index (χ0) is 13.1. The van der Waals surface area contributed by atoms with Crippen LogP contribution in [0.2, 0.25) is 0 Å². The van der Waals surface area contributed by atoms with Crippen LogP contribution < -0.4 is 15.8 Å². The smallest absolute Gasteiger partial charge is 0.226 e. The Morgan fingerprint density at radius 3 is 2.61 bits per heavy atom. The van der Waals surface area contributed by atoms with Crippen molar-refractivity contribution < 1.29 is 4.74 Å². The van der Waals surface area contributed by atoms with Gasteiger partial charge in [-0.1, -0.05) is 17.7 Å². The number of anilines is 2. The molecule has 0 fully saturated rings. The Hall–Kier alpha value is -2.30. The lowest BCUT2D eigenvalue weighted by molar-refractivity contribution is 0.459. The molecule has 0 radical (unpaired) electrons. The zero-order valence-corrected chi connectivity index (χ0v) is 10.7. The molecular formula is C13H16N4O. The molecule has 0 aliphatic heterocycles. The third-order valence-electron chi connectivity index (χ3n) is 2.52. The van der Waals surface area contributed by atoms with Crippen molar-refractivity contribution in [2.45, 2.75) is 13.8 Å². The van der Waals surface area contributed by atoms with Crippen molar-refractivity contribution in [3.63, 3.8) is 0 Å². The van der Waals surface area contributed by atoms with Gasteiger partial charge in [0.1, 0.15) is 11.6 Å². The van der Waals surface area contributed by atoms with Gasteiger partial charge in [0.25, 0.3) is 0 Å². The van der Waals surface area contributed by atoms with E-state index in [0.29, 0.717) is 11.7 Å². The van der Waals surface area contributed by atoms with Crippen LogP contribution in [0.25, 0.3) is 0 Å². The maximum absolute atomic E-state index is 5.72. The van der Waals surface area contributed by atoms with E-state index in [9.17, 15) is 0 Å². The van der Waals surface area contributed by atoms with Crippen LogP contribution in [-0.2, 0) is 0 Å². The number of nitrogens with zero attached hydrogens (tertiary/aromatic N) is 2. The fraction of sp³-hybridized carbons (Fsp3) is 0.231. The Labute approximate surface area is 106 Å². The second-order valence-electron chi connectivity index (χ2n) is 4.07. The molecule has 5 heteroatoms. The van der Waals surface area contributed by atoms with Gasteiger partial charge in [0.2, 0.25) is 11.8 Å². The molecule has 5 nitrogen and oxygen atoms in total. The predicted molar refractivity (Wildman–Crippen MR) is 72.0 cm³/mol. The Balaban J connectivity index is 2.30. The van der Waals surface area contributed by atoms with E-state index in [1.54, 1.807) is 13.1 Å². The van der Waals surface area contributed by atoms with Crippen molar-refractivity contribution >= 4 is 11.8 Å². The van der Waals surface area contributed by atoms with Crippen LogP contribution in [0, 0.1) is 13.8 Å². The van der Waals surface area contributed by atoms with E-state index in [-0.39, 0.29) is 5.95 Å². The van der Waals surface area contributed by atoms with Gasteiger partial charge in [-0.2, -0.15) is 9.97 Å². The molecule has 0 atom stereocenters. The number of nitrogen functional groups attached to an aromatic ring is 1. The van der Waals surface area contributed by atoms with Crippen LogP contribution in [0.4, 0.5) is 11.8 Å². The minimum atomic E-state index is 0.182. The van der Waals surface area contributed by atoms with Crippen molar-refractivity contribution in [1.82, 2.24) is 9.97 Å². The lowest BCUT2D eigenvalue weighted by Gasteiger charge is -2.09. The normalized spacial score (nSPS) is 10.2. The third-order valence-corrected chi connectivity index (χ3v) is 2.52. The van der Waals surface area contributed by atoms with Gasteiger partial charge >= 0.3 is 0 Å². The van der Waals surface area contributed by atoms with Crippen LogP contribution in [0.5, 0.6) is 11.6 Å². The monoisotopic (exact) mass is 244 g/mol. The number of benzene rings is 1. The molecule has 94 valence electrons. The average molecular weight is 244 g/mol. The van der Waals surface area contributed by atoms with Crippen molar-refractivity contribution in [3.05, 3.63) is 35.4 Å². The molecular weight excluding hydrogens is 228 g/mol. The molecule has 2 rings (SSSR count). The molecule has 1 aromatic carbocycles. The highest BCUT2D eigenvalue weighted by Crippen LogP contribution is 2.25. The molecule has 0 saturated carbocycles. The summed E-state index contributed by atoms with van der Waals surface area (Å²) in [7, 11) is 1.77. The number of ether oxygens (including phenoxy) is 1. The van der Waals surface area contributed by atoms with E-state index in [4.69, 9.17) is 10.5 Å². The minimum absolute atomic E-state index is 0.182. The summed E-state index contributed by atoms with van der Waals surface area (Å²) in [4.78, 5) is 8.05. The van der Waals surface area contributed by atoms with Crippen LogP contribution in [0.3, 0.4) is 0 Å². The Morgan fingerprint density at radius 2 is 1.94 bits per heavy atom. The first-order valence-corrected chi connectivity index (χ1v) is 5.66. The number of nitrogens with two attached hydrogens (primary N) is 1. The number of aryl methyl sites for hydroxylation is 2. The Morgan fingerprint density at radius 1 is 1.17 bits per heavy atom. The first kappa shape index (κ1) is 12.2. The van der Waals surface area contributed by atoms with E-state index in [0.717, 1.165) is 11.3 Å². The molecule has 0 spiro atoms. The lowest BCUT2D eigenvalue weighted by Crippen LogP contribution is -2.01. The second-order valence-corrected chi connectivity index (χ2v) is 4.07. The van der Waals surface area contributed by atoms with E-state index in [1.165, 1.54) is 5.56 Å². The van der Waals surface area contributed by atoms with Crippen molar-refractivity contribution in [1.29, 1.82) is 0 Å². The number of hydrogen-bond donors (Lipinski definition) is 2. The molecule has 3 N–H and O–H groups in total. The summed E-state index contributed by atoms with van der Waals surface area (Å²) in [5.74, 6) is 2.00. The number of nitrogens with one attached hydrogen (secondary N) is 1. The van der Waals surface area contributed by atoms with E-state index < -0.39 is 0 Å². The summed E-state index contributed by atoms with van der Waals surface area (Å²) in [6, 6.07) is 7.67. The highest BCUT2D eigenvalue weighted by Gasteiger charge is 2.06. The average Bonchev–Trinajstić information content (AvgIpc) is 2.32. The summed E-state index contributed by atoms with van der Waals surface area (Å²) in [5, 5.41) is 2.91. The SMILES string of the molecule is CNc1cc(Oc2ccc(C)cc2C)nc(N)n1. The van der Waals surface area contributed by atoms with Gasteiger partial charge in [0, 0.05) is 13.1 Å². The van der Waals surface area contributed by atoms with E-state index in [2.05, 4.69) is 21.4 Å². The first-order chi connectivity index (χ1) is 8.58. The van der Waals surface area contributed by atoms with Crippen molar-refractivity contribution in [2.24, 2.45) is 0 Å². The molecule has 2 aromatic rings. The molecule has 0 aliphatic carbocycles. The van der Waals surface area contributed by atoms with Gasteiger partial charge in [-0.15, -0.1) is 0 Å². The summed E-state index contributed by atoms with van der Waals surface area (Å²) >= 11 is 0. The summed E-state index contributed by atoms with van der Waals surface area (Å²) in [6.07, 6.45) is 0. The topological polar surface area (TPSA) is 73.1 Å². The molecule has 0 saturated heterocycles. The van der Waals surface area contributed by atoms with Crippen LogP contribution in [-0.4, -0.2) is 17.0 Å². The Kier molecular flexibility index (Phi) is 3.32. The summed E-state index contributed by atoms with van der Waals surface area (Å²) in [6.45, 7) is 4.03. The second kappa shape index (κ2) is 4.91. The predicted octanol–water partition coefficient (Wildman–Crippen LogP) is 2.51. The largest absolute Gasteiger partial charge is 0.439 e. The zero-order valence-electron chi connectivity index (χ0n) is 10.7. The standard InChI is InChI=1S/C13H16N4O/c1-8-4-5-10(9(2)6-8)18-12-7-11(15-3)16-13(14)17-12/h4-7H,1-3H3,(H3,14,15,16,17). The maximum Gasteiger partial charge on any atom is 0.226 e. The van der Waals surface area contributed by atoms with E-state index >= 15 is 0 Å². The number of rotatable bonds is 3. The molecule has 1 aromatic heterocycles.